The van der Waals surface area contributed by atoms with E-state index in [0.717, 1.165) is 5.56 Å². The van der Waals surface area contributed by atoms with Gasteiger partial charge in [-0.3, -0.25) is 4.79 Å². The molecule has 0 aliphatic carbocycles. The van der Waals surface area contributed by atoms with Gasteiger partial charge in [-0.2, -0.15) is 0 Å². The first-order chi connectivity index (χ1) is 6.16. The van der Waals surface area contributed by atoms with Gasteiger partial charge < -0.3 is 10.4 Å². The Hall–Kier alpha value is -1.22. The van der Waals surface area contributed by atoms with E-state index in [1.165, 1.54) is 0 Å². The maximum atomic E-state index is 11.0. The first-order valence-electron chi connectivity index (χ1n) is 3.98. The van der Waals surface area contributed by atoms with Crippen molar-refractivity contribution in [3.05, 3.63) is 22.7 Å². The summed E-state index contributed by atoms with van der Waals surface area (Å²) in [5, 5.41) is 12.3. The van der Waals surface area contributed by atoms with E-state index in [0.29, 0.717) is 18.5 Å². The van der Waals surface area contributed by atoms with Crippen molar-refractivity contribution in [2.45, 2.75) is 12.8 Å². The number of nitrogens with one attached hydrogen (secondary N) is 1. The van der Waals surface area contributed by atoms with Crippen molar-refractivity contribution in [1.29, 1.82) is 0 Å². The fraction of sp³-hybridized carbons (Fsp3) is 0.222. The number of phenols is 1. The van der Waals surface area contributed by atoms with E-state index in [-0.39, 0.29) is 16.7 Å². The summed E-state index contributed by atoms with van der Waals surface area (Å²) in [5.74, 6) is 0.0609. The van der Waals surface area contributed by atoms with Crippen molar-refractivity contribution in [1.82, 2.24) is 0 Å². The van der Waals surface area contributed by atoms with Crippen molar-refractivity contribution in [2.24, 2.45) is 0 Å². The molecule has 4 heteroatoms. The summed E-state index contributed by atoms with van der Waals surface area (Å²) in [6.45, 7) is 0. The van der Waals surface area contributed by atoms with Crippen LogP contribution in [-0.2, 0) is 11.2 Å². The second-order valence-electron chi connectivity index (χ2n) is 3.01. The Bertz CT molecular complexity index is 376. The molecule has 68 valence electrons. The zero-order valence-corrected chi connectivity index (χ0v) is 7.56. The molecule has 2 N–H and O–H groups in total. The molecule has 0 aromatic heterocycles. The lowest BCUT2D eigenvalue weighted by Gasteiger charge is -2.17. The van der Waals surface area contributed by atoms with Gasteiger partial charge in [-0.25, -0.2) is 0 Å². The third-order valence-corrected chi connectivity index (χ3v) is 2.37. The van der Waals surface area contributed by atoms with Crippen LogP contribution in [0.3, 0.4) is 0 Å². The topological polar surface area (TPSA) is 49.3 Å². The summed E-state index contributed by atoms with van der Waals surface area (Å²) in [6, 6.07) is 3.17. The molecular formula is C9H8ClNO2. The molecule has 0 saturated heterocycles. The van der Waals surface area contributed by atoms with Crippen LogP contribution in [0, 0.1) is 0 Å². The van der Waals surface area contributed by atoms with Crippen LogP contribution in [0.15, 0.2) is 12.1 Å². The van der Waals surface area contributed by atoms with Crippen LogP contribution in [-0.4, -0.2) is 11.0 Å². The Morgan fingerprint density at radius 2 is 2.15 bits per heavy atom. The third-order valence-electron chi connectivity index (χ3n) is 2.07. The van der Waals surface area contributed by atoms with Crippen LogP contribution in [0.4, 0.5) is 5.69 Å². The molecule has 0 atom stereocenters. The molecule has 0 bridgehead atoms. The molecule has 3 nitrogen and oxygen atoms in total. The smallest absolute Gasteiger partial charge is 0.224 e. The Balaban J connectivity index is 2.49. The highest BCUT2D eigenvalue weighted by Crippen LogP contribution is 2.32. The monoisotopic (exact) mass is 197 g/mol. The fourth-order valence-corrected chi connectivity index (χ4v) is 1.55. The van der Waals surface area contributed by atoms with Gasteiger partial charge in [0.2, 0.25) is 5.91 Å². The van der Waals surface area contributed by atoms with Crippen molar-refractivity contribution < 1.29 is 9.90 Å². The lowest BCUT2D eigenvalue weighted by molar-refractivity contribution is -0.116. The van der Waals surface area contributed by atoms with Gasteiger partial charge in [0, 0.05) is 12.1 Å². The van der Waals surface area contributed by atoms with Crippen molar-refractivity contribution in [3.63, 3.8) is 0 Å². The van der Waals surface area contributed by atoms with E-state index in [9.17, 15) is 9.90 Å². The molecule has 0 fully saturated rings. The van der Waals surface area contributed by atoms with Gasteiger partial charge in [0.05, 0.1) is 5.02 Å². The van der Waals surface area contributed by atoms with Crippen LogP contribution in [0.5, 0.6) is 5.75 Å². The van der Waals surface area contributed by atoms with Crippen molar-refractivity contribution in [3.8, 4) is 5.75 Å². The van der Waals surface area contributed by atoms with Gasteiger partial charge in [-0.05, 0) is 24.1 Å². The second-order valence-corrected chi connectivity index (χ2v) is 3.42. The SMILES string of the molecule is O=C1CCc2cc(O)c(Cl)cc2N1. The number of carbonyl (C=O) groups excluding carboxylic acids is 1. The summed E-state index contributed by atoms with van der Waals surface area (Å²) in [4.78, 5) is 11.0. The predicted octanol–water partition coefficient (Wildman–Crippen LogP) is 1.93. The number of fused-ring (bicyclic) bond motifs is 1. The summed E-state index contributed by atoms with van der Waals surface area (Å²) >= 11 is 5.69. The normalized spacial score (nSPS) is 15.0. The molecule has 1 amide bonds. The molecular weight excluding hydrogens is 190 g/mol. The minimum Gasteiger partial charge on any atom is -0.506 e. The minimum absolute atomic E-state index is 0.00532. The molecule has 1 aliphatic rings. The van der Waals surface area contributed by atoms with Gasteiger partial charge in [0.15, 0.2) is 0 Å². The number of benzene rings is 1. The standard InChI is InChI=1S/C9H8ClNO2/c10-6-4-7-5(3-8(6)12)1-2-9(13)11-7/h3-4,12H,1-2H2,(H,11,13). The van der Waals surface area contributed by atoms with Crippen LogP contribution < -0.4 is 5.32 Å². The first-order valence-corrected chi connectivity index (χ1v) is 4.36. The zero-order valence-electron chi connectivity index (χ0n) is 6.80. The highest BCUT2D eigenvalue weighted by atomic mass is 35.5. The lowest BCUT2D eigenvalue weighted by Crippen LogP contribution is -2.18. The predicted molar refractivity (Wildman–Crippen MR) is 50.1 cm³/mol. The quantitative estimate of drug-likeness (QED) is 0.625. The van der Waals surface area contributed by atoms with E-state index < -0.39 is 0 Å². The largest absolute Gasteiger partial charge is 0.506 e. The van der Waals surface area contributed by atoms with E-state index in [1.807, 2.05) is 0 Å². The summed E-state index contributed by atoms with van der Waals surface area (Å²) < 4.78 is 0. The molecule has 1 heterocycles. The average molecular weight is 198 g/mol. The van der Waals surface area contributed by atoms with E-state index in [4.69, 9.17) is 11.6 Å². The van der Waals surface area contributed by atoms with E-state index in [1.54, 1.807) is 12.1 Å². The van der Waals surface area contributed by atoms with Crippen LogP contribution in [0.25, 0.3) is 0 Å². The van der Waals surface area contributed by atoms with Crippen molar-refractivity contribution in [2.75, 3.05) is 5.32 Å². The van der Waals surface area contributed by atoms with Crippen molar-refractivity contribution >= 4 is 23.2 Å². The Labute approximate surface area is 80.3 Å². The third kappa shape index (κ3) is 1.47. The molecule has 1 aromatic carbocycles. The number of aryl methyl sites for hydroxylation is 1. The lowest BCUT2D eigenvalue weighted by atomic mass is 10.0. The number of anilines is 1. The van der Waals surface area contributed by atoms with Gasteiger partial charge in [-0.1, -0.05) is 11.6 Å². The average Bonchev–Trinajstić information content (AvgIpc) is 2.08. The summed E-state index contributed by atoms with van der Waals surface area (Å²) in [7, 11) is 0. The van der Waals surface area contributed by atoms with E-state index >= 15 is 0 Å². The number of aromatic hydroxyl groups is 1. The van der Waals surface area contributed by atoms with E-state index in [2.05, 4.69) is 5.32 Å². The second kappa shape index (κ2) is 2.92. The van der Waals surface area contributed by atoms with Gasteiger partial charge in [0.1, 0.15) is 5.75 Å². The zero-order chi connectivity index (χ0) is 9.42. The Morgan fingerprint density at radius 3 is 2.92 bits per heavy atom. The molecule has 0 spiro atoms. The first kappa shape index (κ1) is 8.38. The summed E-state index contributed by atoms with van der Waals surface area (Å²) in [5.41, 5.74) is 1.64. The van der Waals surface area contributed by atoms with Crippen LogP contribution in [0.1, 0.15) is 12.0 Å². The molecule has 0 saturated carbocycles. The molecule has 1 aliphatic heterocycles. The molecule has 13 heavy (non-hydrogen) atoms. The number of carbonyl (C=O) groups is 1. The number of halogens is 1. The van der Waals surface area contributed by atoms with Crippen LogP contribution in [0.2, 0.25) is 5.02 Å². The molecule has 0 unspecified atom stereocenters. The molecule has 2 rings (SSSR count). The molecule has 0 radical (unpaired) electrons. The number of hydrogen-bond donors (Lipinski definition) is 2. The number of amides is 1. The Morgan fingerprint density at radius 1 is 1.38 bits per heavy atom. The highest BCUT2D eigenvalue weighted by Gasteiger charge is 2.16. The Kier molecular flexibility index (Phi) is 1.88. The summed E-state index contributed by atoms with van der Waals surface area (Å²) in [6.07, 6.45) is 1.12. The number of hydrogen-bond acceptors (Lipinski definition) is 2. The highest BCUT2D eigenvalue weighted by molar-refractivity contribution is 6.32. The number of rotatable bonds is 0. The maximum absolute atomic E-state index is 11.0. The minimum atomic E-state index is -0.00532. The van der Waals surface area contributed by atoms with Gasteiger partial charge in [-0.15, -0.1) is 0 Å². The van der Waals surface area contributed by atoms with Gasteiger partial charge >= 0.3 is 0 Å². The van der Waals surface area contributed by atoms with Crippen LogP contribution >= 0.6 is 11.6 Å². The maximum Gasteiger partial charge on any atom is 0.224 e. The number of phenolic OH excluding ortho intramolecular Hbond substituents is 1. The molecule has 1 aromatic rings. The van der Waals surface area contributed by atoms with Gasteiger partial charge in [0.25, 0.3) is 0 Å². The fourth-order valence-electron chi connectivity index (χ4n) is 1.39.